The fourth-order valence-corrected chi connectivity index (χ4v) is 3.03. The van der Waals surface area contributed by atoms with Crippen LogP contribution in [0, 0.1) is 6.92 Å². The normalized spacial score (nSPS) is 11.0. The molecule has 130 valence electrons. The van der Waals surface area contributed by atoms with E-state index >= 15 is 0 Å². The summed E-state index contributed by atoms with van der Waals surface area (Å²) in [6, 6.07) is 18.6. The van der Waals surface area contributed by atoms with Crippen molar-refractivity contribution >= 4 is 0 Å². The Bertz CT molecular complexity index is 973. The third-order valence-electron chi connectivity index (χ3n) is 4.25. The molecule has 0 fully saturated rings. The molecule has 0 unspecified atom stereocenters. The summed E-state index contributed by atoms with van der Waals surface area (Å²) in [7, 11) is 0. The first-order valence-electron chi connectivity index (χ1n) is 8.54. The molecule has 2 aromatic heterocycles. The highest BCUT2D eigenvalue weighted by Crippen LogP contribution is 2.15. The Kier molecular flexibility index (Phi) is 4.57. The van der Waals surface area contributed by atoms with Gasteiger partial charge in [-0.3, -0.25) is 4.57 Å². The van der Waals surface area contributed by atoms with Gasteiger partial charge in [0.2, 0.25) is 0 Å². The van der Waals surface area contributed by atoms with Crippen molar-refractivity contribution in [2.45, 2.75) is 20.0 Å². The number of nitrogens with one attached hydrogen (secondary N) is 1. The third-order valence-corrected chi connectivity index (χ3v) is 4.25. The molecule has 0 spiro atoms. The van der Waals surface area contributed by atoms with Crippen LogP contribution in [0.5, 0.6) is 0 Å². The second kappa shape index (κ2) is 7.33. The minimum atomic E-state index is 0.739. The highest BCUT2D eigenvalue weighted by Gasteiger charge is 2.08. The number of hydrogen-bond acceptors (Lipinski definition) is 4. The summed E-state index contributed by atoms with van der Waals surface area (Å²) >= 11 is 0. The van der Waals surface area contributed by atoms with E-state index in [0.29, 0.717) is 0 Å². The first-order chi connectivity index (χ1) is 12.8. The van der Waals surface area contributed by atoms with E-state index in [2.05, 4.69) is 49.2 Å². The van der Waals surface area contributed by atoms with Crippen molar-refractivity contribution in [3.8, 4) is 11.4 Å². The average molecular weight is 344 g/mol. The van der Waals surface area contributed by atoms with Crippen LogP contribution in [0.15, 0.2) is 73.4 Å². The van der Waals surface area contributed by atoms with Gasteiger partial charge in [0, 0.05) is 18.8 Å². The van der Waals surface area contributed by atoms with Gasteiger partial charge in [0.25, 0.3) is 0 Å². The summed E-state index contributed by atoms with van der Waals surface area (Å²) in [5.74, 6) is 0.987. The van der Waals surface area contributed by atoms with E-state index in [1.165, 1.54) is 11.9 Å². The highest BCUT2D eigenvalue weighted by molar-refractivity contribution is 5.36. The largest absolute Gasteiger partial charge is 0.307 e. The van der Waals surface area contributed by atoms with Crippen molar-refractivity contribution in [1.29, 1.82) is 0 Å². The van der Waals surface area contributed by atoms with Crippen molar-refractivity contribution in [2.24, 2.45) is 0 Å². The molecule has 0 aliphatic rings. The van der Waals surface area contributed by atoms with Crippen LogP contribution in [0.1, 0.15) is 17.1 Å². The summed E-state index contributed by atoms with van der Waals surface area (Å²) in [5.41, 5.74) is 4.47. The lowest BCUT2D eigenvalue weighted by atomic mass is 10.2. The molecular weight excluding hydrogens is 324 g/mol. The predicted molar refractivity (Wildman–Crippen MR) is 100 cm³/mol. The molecule has 0 atom stereocenters. The Hall–Kier alpha value is -3.25. The van der Waals surface area contributed by atoms with E-state index < -0.39 is 0 Å². The zero-order chi connectivity index (χ0) is 17.8. The molecule has 6 heteroatoms. The van der Waals surface area contributed by atoms with Gasteiger partial charge < -0.3 is 5.32 Å². The first kappa shape index (κ1) is 16.2. The van der Waals surface area contributed by atoms with Crippen LogP contribution >= 0.6 is 0 Å². The molecule has 0 amide bonds. The molecule has 4 aromatic rings. The zero-order valence-electron chi connectivity index (χ0n) is 14.6. The standard InChI is InChI=1S/C20H20N6/c1-16-23-13-20(26(16)18-7-3-2-4-8-18)12-21-11-17-6-5-9-19(10-17)25-15-22-14-24-25/h2-10,13-15,21H,11-12H2,1H3. The maximum Gasteiger partial charge on any atom is 0.138 e. The summed E-state index contributed by atoms with van der Waals surface area (Å²) in [6.07, 6.45) is 5.17. The molecule has 0 saturated carbocycles. The van der Waals surface area contributed by atoms with Crippen molar-refractivity contribution < 1.29 is 0 Å². The first-order valence-corrected chi connectivity index (χ1v) is 8.54. The minimum absolute atomic E-state index is 0.739. The Morgan fingerprint density at radius 2 is 1.81 bits per heavy atom. The van der Waals surface area contributed by atoms with Crippen molar-refractivity contribution in [1.82, 2.24) is 29.6 Å². The van der Waals surface area contributed by atoms with E-state index in [1.807, 2.05) is 43.5 Å². The lowest BCUT2D eigenvalue weighted by Gasteiger charge is -2.11. The van der Waals surface area contributed by atoms with Crippen LogP contribution in [0.2, 0.25) is 0 Å². The molecule has 0 aliphatic heterocycles. The van der Waals surface area contributed by atoms with E-state index in [-0.39, 0.29) is 0 Å². The Morgan fingerprint density at radius 1 is 0.962 bits per heavy atom. The summed E-state index contributed by atoms with van der Waals surface area (Å²) < 4.78 is 3.94. The molecule has 0 saturated heterocycles. The van der Waals surface area contributed by atoms with Crippen LogP contribution in [-0.2, 0) is 13.1 Å². The van der Waals surface area contributed by atoms with E-state index in [0.717, 1.165) is 36.0 Å². The van der Waals surface area contributed by atoms with Gasteiger partial charge in [-0.05, 0) is 36.8 Å². The molecule has 0 aliphatic carbocycles. The van der Waals surface area contributed by atoms with Crippen molar-refractivity contribution in [2.75, 3.05) is 0 Å². The SMILES string of the molecule is Cc1ncc(CNCc2cccc(-n3cncn3)c2)n1-c1ccccc1. The molecule has 4 rings (SSSR count). The fraction of sp³-hybridized carbons (Fsp3) is 0.150. The van der Waals surface area contributed by atoms with Gasteiger partial charge >= 0.3 is 0 Å². The van der Waals surface area contributed by atoms with E-state index in [1.54, 1.807) is 11.0 Å². The van der Waals surface area contributed by atoms with Crippen LogP contribution in [0.25, 0.3) is 11.4 Å². The molecule has 6 nitrogen and oxygen atoms in total. The van der Waals surface area contributed by atoms with Gasteiger partial charge in [-0.1, -0.05) is 30.3 Å². The average Bonchev–Trinajstić information content (AvgIpc) is 3.33. The molecule has 26 heavy (non-hydrogen) atoms. The number of nitrogens with zero attached hydrogens (tertiary/aromatic N) is 5. The smallest absolute Gasteiger partial charge is 0.138 e. The van der Waals surface area contributed by atoms with Gasteiger partial charge in [-0.25, -0.2) is 14.6 Å². The van der Waals surface area contributed by atoms with Crippen molar-refractivity contribution in [3.63, 3.8) is 0 Å². The Balaban J connectivity index is 1.46. The summed E-state index contributed by atoms with van der Waals surface area (Å²) in [6.45, 7) is 3.53. The number of benzene rings is 2. The number of imidazole rings is 1. The van der Waals surface area contributed by atoms with E-state index in [4.69, 9.17) is 0 Å². The Morgan fingerprint density at radius 3 is 2.62 bits per heavy atom. The maximum absolute atomic E-state index is 4.47. The van der Waals surface area contributed by atoms with Crippen LogP contribution in [0.4, 0.5) is 0 Å². The van der Waals surface area contributed by atoms with Gasteiger partial charge in [0.15, 0.2) is 0 Å². The highest BCUT2D eigenvalue weighted by atomic mass is 15.3. The lowest BCUT2D eigenvalue weighted by molar-refractivity contribution is 0.666. The van der Waals surface area contributed by atoms with Gasteiger partial charge in [-0.15, -0.1) is 0 Å². The molecule has 2 heterocycles. The zero-order valence-corrected chi connectivity index (χ0v) is 14.6. The quantitative estimate of drug-likeness (QED) is 0.584. The summed E-state index contributed by atoms with van der Waals surface area (Å²) in [4.78, 5) is 8.47. The second-order valence-electron chi connectivity index (χ2n) is 6.08. The van der Waals surface area contributed by atoms with Gasteiger partial charge in [0.05, 0.1) is 17.6 Å². The second-order valence-corrected chi connectivity index (χ2v) is 6.08. The minimum Gasteiger partial charge on any atom is -0.307 e. The number of aryl methyl sites for hydroxylation is 1. The number of para-hydroxylation sites is 1. The maximum atomic E-state index is 4.47. The van der Waals surface area contributed by atoms with Crippen molar-refractivity contribution in [3.05, 3.63) is 90.5 Å². The van der Waals surface area contributed by atoms with Gasteiger partial charge in [-0.2, -0.15) is 5.10 Å². The molecule has 1 N–H and O–H groups in total. The molecule has 0 radical (unpaired) electrons. The third kappa shape index (κ3) is 3.41. The molecule has 2 aromatic carbocycles. The molecular formula is C20H20N6. The summed E-state index contributed by atoms with van der Waals surface area (Å²) in [5, 5.41) is 7.68. The number of aromatic nitrogens is 5. The number of rotatable bonds is 6. The van der Waals surface area contributed by atoms with Crippen LogP contribution in [-0.4, -0.2) is 24.3 Å². The number of hydrogen-bond donors (Lipinski definition) is 1. The monoisotopic (exact) mass is 344 g/mol. The van der Waals surface area contributed by atoms with Crippen LogP contribution < -0.4 is 5.32 Å². The van der Waals surface area contributed by atoms with Crippen LogP contribution in [0.3, 0.4) is 0 Å². The Labute approximate surface area is 152 Å². The van der Waals surface area contributed by atoms with E-state index in [9.17, 15) is 0 Å². The van der Waals surface area contributed by atoms with Gasteiger partial charge in [0.1, 0.15) is 18.5 Å². The fourth-order valence-electron chi connectivity index (χ4n) is 3.03. The molecule has 0 bridgehead atoms. The predicted octanol–water partition coefficient (Wildman–Crippen LogP) is 3.05. The topological polar surface area (TPSA) is 60.6 Å². The lowest BCUT2D eigenvalue weighted by Crippen LogP contribution is -2.16.